The highest BCUT2D eigenvalue weighted by atomic mass is 35.5. The fourth-order valence-corrected chi connectivity index (χ4v) is 1.87. The van der Waals surface area contributed by atoms with Crippen molar-refractivity contribution in [2.75, 3.05) is 5.73 Å². The third-order valence-corrected chi connectivity index (χ3v) is 3.10. The van der Waals surface area contributed by atoms with Crippen LogP contribution in [0, 0.1) is 5.41 Å². The maximum absolute atomic E-state index is 11.4. The number of carbonyl (C=O) groups is 1. The number of unbranched alkanes of at least 4 members (excludes halogenated alkanes) is 1. The van der Waals surface area contributed by atoms with E-state index in [0.29, 0.717) is 5.69 Å². The number of anilines is 1. The van der Waals surface area contributed by atoms with Crippen molar-refractivity contribution >= 4 is 23.5 Å². The van der Waals surface area contributed by atoms with Gasteiger partial charge < -0.3 is 10.0 Å². The van der Waals surface area contributed by atoms with E-state index >= 15 is 0 Å². The second kappa shape index (κ2) is 6.59. The number of halogens is 1. The average Bonchev–Trinajstić information content (AvgIpc) is 2.35. The van der Waals surface area contributed by atoms with Crippen molar-refractivity contribution in [2.24, 2.45) is 5.41 Å². The molecular formula is C13H19ClN2O2. The molecule has 1 aromatic heterocycles. The second-order valence-corrected chi connectivity index (χ2v) is 5.19. The summed E-state index contributed by atoms with van der Waals surface area (Å²) in [6.07, 6.45) is 5.17. The van der Waals surface area contributed by atoms with E-state index in [1.807, 2.05) is 26.0 Å². The molecule has 18 heavy (non-hydrogen) atoms. The summed E-state index contributed by atoms with van der Waals surface area (Å²) < 4.78 is 4.25. The topological polar surface area (TPSA) is 65.2 Å². The Morgan fingerprint density at radius 3 is 2.72 bits per heavy atom. The summed E-state index contributed by atoms with van der Waals surface area (Å²) in [6.45, 7) is 3.67. The number of pyridine rings is 1. The number of carbonyl (C=O) groups excluding carboxylic acids is 1. The average molecular weight is 271 g/mol. The van der Waals surface area contributed by atoms with Crippen molar-refractivity contribution < 1.29 is 9.08 Å². The minimum atomic E-state index is -0.531. The maximum Gasteiger partial charge on any atom is 0.330 e. The lowest BCUT2D eigenvalue weighted by atomic mass is 9.87. The summed E-state index contributed by atoms with van der Waals surface area (Å²) in [6, 6.07) is 3.77. The Hall–Kier alpha value is -1.29. The summed E-state index contributed by atoms with van der Waals surface area (Å²) in [5.41, 5.74) is 6.72. The first kappa shape index (κ1) is 14.8. The van der Waals surface area contributed by atoms with Gasteiger partial charge in [0.25, 0.3) is 0 Å². The summed E-state index contributed by atoms with van der Waals surface area (Å²) >= 11 is 5.09. The van der Waals surface area contributed by atoms with E-state index in [0.717, 1.165) is 31.4 Å². The fraction of sp³-hybridized carbons (Fsp3) is 0.538. The number of nitrogens with two attached hydrogens (primary N) is 1. The lowest BCUT2D eigenvalue weighted by molar-refractivity contribution is -0.143. The molecular weight excluding hydrogens is 252 g/mol. The number of hydrogen-bond acceptors (Lipinski definition) is 4. The van der Waals surface area contributed by atoms with Crippen molar-refractivity contribution in [1.82, 2.24) is 4.98 Å². The van der Waals surface area contributed by atoms with Gasteiger partial charge in [-0.15, -0.1) is 0 Å². The van der Waals surface area contributed by atoms with Crippen molar-refractivity contribution in [1.29, 1.82) is 0 Å². The lowest BCUT2D eigenvalue weighted by Crippen LogP contribution is -2.24. The van der Waals surface area contributed by atoms with Crippen LogP contribution in [-0.4, -0.2) is 11.0 Å². The van der Waals surface area contributed by atoms with Gasteiger partial charge in [0, 0.05) is 5.69 Å². The predicted octanol–water partition coefficient (Wildman–Crippen LogP) is 3.10. The molecule has 0 saturated carbocycles. The molecule has 1 rings (SSSR count). The molecule has 0 aliphatic carbocycles. The molecule has 0 aromatic carbocycles. The van der Waals surface area contributed by atoms with Gasteiger partial charge in [-0.2, -0.15) is 0 Å². The molecule has 0 spiro atoms. The van der Waals surface area contributed by atoms with E-state index in [1.165, 1.54) is 0 Å². The quantitative estimate of drug-likeness (QED) is 0.807. The van der Waals surface area contributed by atoms with Crippen LogP contribution in [0.5, 0.6) is 0 Å². The number of nitrogen functional groups attached to an aromatic ring is 1. The molecule has 0 unspecified atom stereocenters. The molecule has 0 bridgehead atoms. The van der Waals surface area contributed by atoms with E-state index in [4.69, 9.17) is 17.6 Å². The van der Waals surface area contributed by atoms with Crippen molar-refractivity contribution in [3.63, 3.8) is 0 Å². The molecule has 4 nitrogen and oxygen atoms in total. The van der Waals surface area contributed by atoms with Gasteiger partial charge in [-0.1, -0.05) is 6.42 Å². The van der Waals surface area contributed by atoms with Gasteiger partial charge in [0.05, 0.1) is 17.3 Å². The molecule has 1 heterocycles. The van der Waals surface area contributed by atoms with Gasteiger partial charge in [-0.3, -0.25) is 4.98 Å². The standard InChI is InChI=1S/C13H19ClN2O2/c1-13(2,12(17)18-14)8-4-3-5-11-7-6-10(15)9-16-11/h6-7,9H,3-5,8,15H2,1-2H3. The van der Waals surface area contributed by atoms with Crippen LogP contribution in [0.15, 0.2) is 18.3 Å². The highest BCUT2D eigenvalue weighted by Gasteiger charge is 2.28. The summed E-state index contributed by atoms with van der Waals surface area (Å²) in [4.78, 5) is 15.6. The van der Waals surface area contributed by atoms with Crippen LogP contribution in [0.3, 0.4) is 0 Å². The van der Waals surface area contributed by atoms with E-state index in [-0.39, 0.29) is 5.97 Å². The molecule has 0 atom stereocenters. The highest BCUT2D eigenvalue weighted by molar-refractivity contribution is 6.13. The monoisotopic (exact) mass is 270 g/mol. The van der Waals surface area contributed by atoms with E-state index in [2.05, 4.69) is 9.27 Å². The van der Waals surface area contributed by atoms with Gasteiger partial charge in [-0.05, 0) is 45.2 Å². The van der Waals surface area contributed by atoms with E-state index in [9.17, 15) is 4.79 Å². The highest BCUT2D eigenvalue weighted by Crippen LogP contribution is 2.25. The number of nitrogens with zero attached hydrogens (tertiary/aromatic N) is 1. The molecule has 0 aliphatic rings. The predicted molar refractivity (Wildman–Crippen MR) is 71.9 cm³/mol. The molecule has 0 aliphatic heterocycles. The molecule has 1 aromatic rings. The number of rotatable bonds is 6. The third kappa shape index (κ3) is 4.53. The maximum atomic E-state index is 11.4. The summed E-state index contributed by atoms with van der Waals surface area (Å²) in [5, 5.41) is 0. The first-order valence-corrected chi connectivity index (χ1v) is 6.30. The zero-order valence-electron chi connectivity index (χ0n) is 10.8. The minimum Gasteiger partial charge on any atom is -0.397 e. The van der Waals surface area contributed by atoms with Gasteiger partial charge in [0.2, 0.25) is 0 Å². The minimum absolute atomic E-state index is 0.380. The molecule has 0 saturated heterocycles. The van der Waals surface area contributed by atoms with E-state index < -0.39 is 5.41 Å². The normalized spacial score (nSPS) is 11.3. The molecule has 0 radical (unpaired) electrons. The largest absolute Gasteiger partial charge is 0.397 e. The number of aryl methyl sites for hydroxylation is 1. The zero-order valence-corrected chi connectivity index (χ0v) is 11.5. The van der Waals surface area contributed by atoms with Crippen molar-refractivity contribution in [3.8, 4) is 0 Å². The van der Waals surface area contributed by atoms with Crippen LogP contribution in [0.4, 0.5) is 5.69 Å². The Balaban J connectivity index is 2.30. The van der Waals surface area contributed by atoms with E-state index in [1.54, 1.807) is 6.20 Å². The zero-order chi connectivity index (χ0) is 13.6. The van der Waals surface area contributed by atoms with Gasteiger partial charge >= 0.3 is 5.97 Å². The van der Waals surface area contributed by atoms with Crippen molar-refractivity contribution in [2.45, 2.75) is 39.5 Å². The lowest BCUT2D eigenvalue weighted by Gasteiger charge is -2.19. The van der Waals surface area contributed by atoms with Crippen LogP contribution in [0.25, 0.3) is 0 Å². The van der Waals surface area contributed by atoms with Crippen LogP contribution in [-0.2, 0) is 15.5 Å². The Labute approximate surface area is 113 Å². The van der Waals surface area contributed by atoms with Crippen LogP contribution in [0.1, 0.15) is 38.8 Å². The molecule has 100 valence electrons. The van der Waals surface area contributed by atoms with Gasteiger partial charge in [0.1, 0.15) is 11.9 Å². The number of aromatic nitrogens is 1. The van der Waals surface area contributed by atoms with Crippen LogP contribution >= 0.6 is 11.9 Å². The SMILES string of the molecule is CC(C)(CCCCc1ccc(N)cn1)C(=O)OCl. The molecule has 0 fully saturated rings. The smallest absolute Gasteiger partial charge is 0.330 e. The second-order valence-electron chi connectivity index (χ2n) is 5.04. The third-order valence-electron chi connectivity index (χ3n) is 2.95. The first-order chi connectivity index (χ1) is 8.45. The number of hydrogen-bond donors (Lipinski definition) is 1. The Morgan fingerprint density at radius 1 is 1.44 bits per heavy atom. The fourth-order valence-electron chi connectivity index (χ4n) is 1.66. The van der Waals surface area contributed by atoms with Gasteiger partial charge in [-0.25, -0.2) is 4.79 Å². The van der Waals surface area contributed by atoms with Crippen LogP contribution < -0.4 is 5.73 Å². The van der Waals surface area contributed by atoms with Crippen molar-refractivity contribution in [3.05, 3.63) is 24.0 Å². The summed E-state index contributed by atoms with van der Waals surface area (Å²) in [7, 11) is 0. The van der Waals surface area contributed by atoms with Gasteiger partial charge in [0.15, 0.2) is 0 Å². The Morgan fingerprint density at radius 2 is 2.17 bits per heavy atom. The molecule has 5 heteroatoms. The molecule has 2 N–H and O–H groups in total. The summed E-state index contributed by atoms with van der Waals surface area (Å²) in [5.74, 6) is -0.380. The molecule has 0 amide bonds. The first-order valence-electron chi connectivity index (χ1n) is 5.99. The Bertz CT molecular complexity index is 390. The Kier molecular flexibility index (Phi) is 5.41. The van der Waals surface area contributed by atoms with Crippen LogP contribution in [0.2, 0.25) is 0 Å².